The fourth-order valence-corrected chi connectivity index (χ4v) is 1.48. The van der Waals surface area contributed by atoms with E-state index in [-0.39, 0.29) is 6.04 Å². The van der Waals surface area contributed by atoms with Crippen molar-refractivity contribution < 1.29 is 4.39 Å². The third kappa shape index (κ3) is 1.03. The SMILES string of the molecule is N[C@H]1CCCn2nc(F)cc21. The summed E-state index contributed by atoms with van der Waals surface area (Å²) in [5, 5.41) is 3.67. The molecule has 0 amide bonds. The van der Waals surface area contributed by atoms with Gasteiger partial charge in [-0.2, -0.15) is 4.39 Å². The van der Waals surface area contributed by atoms with Crippen LogP contribution in [0.1, 0.15) is 24.6 Å². The van der Waals surface area contributed by atoms with Crippen LogP contribution in [0.3, 0.4) is 0 Å². The van der Waals surface area contributed by atoms with Crippen LogP contribution in [0.2, 0.25) is 0 Å². The summed E-state index contributed by atoms with van der Waals surface area (Å²) >= 11 is 0. The van der Waals surface area contributed by atoms with Crippen LogP contribution in [0.4, 0.5) is 4.39 Å². The number of nitrogens with two attached hydrogens (primary N) is 1. The Labute approximate surface area is 64.0 Å². The highest BCUT2D eigenvalue weighted by molar-refractivity contribution is 5.09. The molecule has 0 spiro atoms. The maximum absolute atomic E-state index is 12.6. The number of rotatable bonds is 0. The lowest BCUT2D eigenvalue weighted by atomic mass is 10.1. The van der Waals surface area contributed by atoms with Gasteiger partial charge in [0.1, 0.15) is 0 Å². The maximum Gasteiger partial charge on any atom is 0.233 e. The Morgan fingerprint density at radius 1 is 1.73 bits per heavy atom. The van der Waals surface area contributed by atoms with E-state index < -0.39 is 5.95 Å². The van der Waals surface area contributed by atoms with Gasteiger partial charge in [0.25, 0.3) is 0 Å². The second-order valence-electron chi connectivity index (χ2n) is 2.86. The van der Waals surface area contributed by atoms with E-state index in [1.54, 1.807) is 4.68 Å². The number of fused-ring (bicyclic) bond motifs is 1. The van der Waals surface area contributed by atoms with Crippen molar-refractivity contribution in [2.45, 2.75) is 25.4 Å². The van der Waals surface area contributed by atoms with Crippen molar-refractivity contribution in [3.63, 3.8) is 0 Å². The molecule has 1 aromatic heterocycles. The molecule has 3 nitrogen and oxygen atoms in total. The van der Waals surface area contributed by atoms with E-state index in [4.69, 9.17) is 5.73 Å². The van der Waals surface area contributed by atoms with Crippen LogP contribution >= 0.6 is 0 Å². The third-order valence-corrected chi connectivity index (χ3v) is 2.05. The van der Waals surface area contributed by atoms with Crippen LogP contribution < -0.4 is 5.73 Å². The molecule has 1 atom stereocenters. The van der Waals surface area contributed by atoms with Crippen LogP contribution in [-0.2, 0) is 6.54 Å². The van der Waals surface area contributed by atoms with E-state index >= 15 is 0 Å². The third-order valence-electron chi connectivity index (χ3n) is 2.05. The molecule has 2 N–H and O–H groups in total. The summed E-state index contributed by atoms with van der Waals surface area (Å²) in [5.41, 5.74) is 6.56. The molecule has 1 aromatic rings. The summed E-state index contributed by atoms with van der Waals surface area (Å²) in [6.45, 7) is 0.799. The number of hydrogen-bond acceptors (Lipinski definition) is 2. The van der Waals surface area contributed by atoms with Gasteiger partial charge in [-0.3, -0.25) is 4.68 Å². The highest BCUT2D eigenvalue weighted by Gasteiger charge is 2.18. The molecule has 11 heavy (non-hydrogen) atoms. The molecule has 0 aromatic carbocycles. The van der Waals surface area contributed by atoms with Gasteiger partial charge < -0.3 is 5.73 Å². The first-order valence-electron chi connectivity index (χ1n) is 3.76. The maximum atomic E-state index is 12.6. The molecule has 1 aliphatic heterocycles. The lowest BCUT2D eigenvalue weighted by Gasteiger charge is -2.18. The zero-order valence-electron chi connectivity index (χ0n) is 6.13. The number of nitrogens with zero attached hydrogens (tertiary/aromatic N) is 2. The lowest BCUT2D eigenvalue weighted by molar-refractivity contribution is 0.419. The average Bonchev–Trinajstić information content (AvgIpc) is 2.31. The Morgan fingerprint density at radius 2 is 2.55 bits per heavy atom. The van der Waals surface area contributed by atoms with Crippen LogP contribution in [0.5, 0.6) is 0 Å². The molecule has 4 heteroatoms. The van der Waals surface area contributed by atoms with Crippen molar-refractivity contribution in [1.82, 2.24) is 9.78 Å². The molecule has 0 saturated heterocycles. The average molecular weight is 155 g/mol. The first-order valence-corrected chi connectivity index (χ1v) is 3.76. The molecule has 2 heterocycles. The van der Waals surface area contributed by atoms with Crippen molar-refractivity contribution >= 4 is 0 Å². The molecule has 0 unspecified atom stereocenters. The van der Waals surface area contributed by atoms with E-state index in [9.17, 15) is 4.39 Å². The van der Waals surface area contributed by atoms with Crippen molar-refractivity contribution in [2.24, 2.45) is 5.73 Å². The lowest BCUT2D eigenvalue weighted by Crippen LogP contribution is -2.21. The molecule has 1 aliphatic rings. The Bertz CT molecular complexity index is 269. The van der Waals surface area contributed by atoms with Gasteiger partial charge in [-0.1, -0.05) is 0 Å². The number of hydrogen-bond donors (Lipinski definition) is 1. The first kappa shape index (κ1) is 6.79. The van der Waals surface area contributed by atoms with Gasteiger partial charge in [0.05, 0.1) is 5.69 Å². The monoisotopic (exact) mass is 155 g/mol. The van der Waals surface area contributed by atoms with Gasteiger partial charge in [-0.15, -0.1) is 5.10 Å². The van der Waals surface area contributed by atoms with E-state index in [1.165, 1.54) is 6.07 Å². The highest BCUT2D eigenvalue weighted by atomic mass is 19.1. The Kier molecular flexibility index (Phi) is 1.42. The highest BCUT2D eigenvalue weighted by Crippen LogP contribution is 2.22. The largest absolute Gasteiger partial charge is 0.323 e. The van der Waals surface area contributed by atoms with Crippen LogP contribution in [-0.4, -0.2) is 9.78 Å². The van der Waals surface area contributed by atoms with Gasteiger partial charge in [-0.05, 0) is 12.8 Å². The Morgan fingerprint density at radius 3 is 3.27 bits per heavy atom. The van der Waals surface area contributed by atoms with Crippen molar-refractivity contribution in [3.8, 4) is 0 Å². The zero-order valence-corrected chi connectivity index (χ0v) is 6.13. The van der Waals surface area contributed by atoms with E-state index in [1.807, 2.05) is 0 Å². The minimum absolute atomic E-state index is 0.0271. The minimum atomic E-state index is -0.419. The van der Waals surface area contributed by atoms with Gasteiger partial charge in [-0.25, -0.2) is 0 Å². The second kappa shape index (κ2) is 2.30. The molecule has 2 rings (SSSR count). The summed E-state index contributed by atoms with van der Waals surface area (Å²) in [4.78, 5) is 0. The Balaban J connectivity index is 2.43. The topological polar surface area (TPSA) is 43.8 Å². The predicted molar refractivity (Wildman–Crippen MR) is 38.3 cm³/mol. The molecule has 0 fully saturated rings. The fourth-order valence-electron chi connectivity index (χ4n) is 1.48. The summed E-state index contributed by atoms with van der Waals surface area (Å²) in [6, 6.07) is 1.39. The standard InChI is InChI=1S/C7H10FN3/c8-7-4-6-5(9)2-1-3-11(6)10-7/h4-5H,1-3,9H2/t5-/m0/s1. The predicted octanol–water partition coefficient (Wildman–Crippen LogP) is 0.816. The van der Waals surface area contributed by atoms with E-state index in [0.29, 0.717) is 0 Å². The summed E-state index contributed by atoms with van der Waals surface area (Å²) in [5.74, 6) is -0.419. The number of halogens is 1. The second-order valence-corrected chi connectivity index (χ2v) is 2.86. The van der Waals surface area contributed by atoms with Crippen molar-refractivity contribution in [3.05, 3.63) is 17.7 Å². The summed E-state index contributed by atoms with van der Waals surface area (Å²) < 4.78 is 14.2. The molecule has 0 radical (unpaired) electrons. The quantitative estimate of drug-likeness (QED) is 0.602. The van der Waals surface area contributed by atoms with E-state index in [2.05, 4.69) is 5.10 Å². The first-order chi connectivity index (χ1) is 5.27. The normalized spacial score (nSPS) is 23.3. The van der Waals surface area contributed by atoms with Gasteiger partial charge in [0, 0.05) is 18.7 Å². The van der Waals surface area contributed by atoms with Crippen LogP contribution in [0.15, 0.2) is 6.07 Å². The minimum Gasteiger partial charge on any atom is -0.323 e. The van der Waals surface area contributed by atoms with Crippen molar-refractivity contribution in [2.75, 3.05) is 0 Å². The number of aryl methyl sites for hydroxylation is 1. The fraction of sp³-hybridized carbons (Fsp3) is 0.571. The van der Waals surface area contributed by atoms with Gasteiger partial charge in [0.2, 0.25) is 5.95 Å². The van der Waals surface area contributed by atoms with Gasteiger partial charge >= 0.3 is 0 Å². The molecule has 60 valence electrons. The molecular weight excluding hydrogens is 145 g/mol. The van der Waals surface area contributed by atoms with E-state index in [0.717, 1.165) is 25.1 Å². The summed E-state index contributed by atoms with van der Waals surface area (Å²) in [6.07, 6.45) is 1.93. The van der Waals surface area contributed by atoms with Crippen molar-refractivity contribution in [1.29, 1.82) is 0 Å². The number of aromatic nitrogens is 2. The molecule has 0 bridgehead atoms. The molecular formula is C7H10FN3. The summed E-state index contributed by atoms with van der Waals surface area (Å²) in [7, 11) is 0. The zero-order chi connectivity index (χ0) is 7.84. The molecule has 0 saturated carbocycles. The van der Waals surface area contributed by atoms with Crippen LogP contribution in [0.25, 0.3) is 0 Å². The van der Waals surface area contributed by atoms with Crippen LogP contribution in [0, 0.1) is 5.95 Å². The smallest absolute Gasteiger partial charge is 0.233 e. The molecule has 0 aliphatic carbocycles. The van der Waals surface area contributed by atoms with Gasteiger partial charge in [0.15, 0.2) is 0 Å². The Hall–Kier alpha value is -0.900.